The standard InChI is InChI=1S/C15H11ClO/c16-15(13-9-5-2-6-10-13)14(11-17)12-7-3-1-4-8-12/h1-11H/b15-14+. The molecule has 0 aromatic heterocycles. The summed E-state index contributed by atoms with van der Waals surface area (Å²) >= 11 is 6.26. The molecule has 0 saturated heterocycles. The first-order valence-corrected chi connectivity index (χ1v) is 5.66. The maximum absolute atomic E-state index is 11.2. The van der Waals surface area contributed by atoms with E-state index in [9.17, 15) is 4.79 Å². The summed E-state index contributed by atoms with van der Waals surface area (Å²) in [5.41, 5.74) is 2.19. The van der Waals surface area contributed by atoms with E-state index in [2.05, 4.69) is 0 Å². The van der Waals surface area contributed by atoms with Gasteiger partial charge in [0, 0.05) is 5.57 Å². The quantitative estimate of drug-likeness (QED) is 0.452. The number of aldehydes is 1. The minimum atomic E-state index is 0.479. The monoisotopic (exact) mass is 242 g/mol. The third-order valence-electron chi connectivity index (χ3n) is 2.47. The van der Waals surface area contributed by atoms with Gasteiger partial charge in [-0.1, -0.05) is 72.3 Å². The molecule has 0 aliphatic rings. The second kappa shape index (κ2) is 5.46. The summed E-state index contributed by atoms with van der Waals surface area (Å²) in [4.78, 5) is 11.2. The van der Waals surface area contributed by atoms with E-state index in [4.69, 9.17) is 11.6 Å². The Morgan fingerprint density at radius 2 is 1.29 bits per heavy atom. The minimum absolute atomic E-state index is 0.479. The van der Waals surface area contributed by atoms with E-state index in [-0.39, 0.29) is 0 Å². The predicted octanol–water partition coefficient (Wildman–Crippen LogP) is 3.99. The SMILES string of the molecule is O=C/C(=C(\Cl)c1ccccc1)c1ccccc1. The molecule has 2 heteroatoms. The van der Waals surface area contributed by atoms with Gasteiger partial charge in [0.05, 0.1) is 5.03 Å². The zero-order valence-corrected chi connectivity index (χ0v) is 9.89. The smallest absolute Gasteiger partial charge is 0.152 e. The van der Waals surface area contributed by atoms with Crippen molar-refractivity contribution in [2.75, 3.05) is 0 Å². The number of hydrogen-bond acceptors (Lipinski definition) is 1. The predicted molar refractivity (Wildman–Crippen MR) is 71.6 cm³/mol. The van der Waals surface area contributed by atoms with Crippen molar-refractivity contribution in [1.82, 2.24) is 0 Å². The van der Waals surface area contributed by atoms with Gasteiger partial charge in [-0.15, -0.1) is 0 Å². The molecular formula is C15H11ClO. The molecule has 2 rings (SSSR count). The van der Waals surface area contributed by atoms with Crippen LogP contribution >= 0.6 is 11.6 Å². The van der Waals surface area contributed by atoms with Gasteiger partial charge in [-0.2, -0.15) is 0 Å². The normalized spacial score (nSPS) is 11.8. The van der Waals surface area contributed by atoms with Crippen molar-refractivity contribution >= 4 is 28.5 Å². The third kappa shape index (κ3) is 2.63. The molecule has 0 aliphatic heterocycles. The zero-order valence-electron chi connectivity index (χ0n) is 9.14. The average molecular weight is 243 g/mol. The summed E-state index contributed by atoms with van der Waals surface area (Å²) < 4.78 is 0. The van der Waals surface area contributed by atoms with Crippen molar-refractivity contribution in [2.24, 2.45) is 0 Å². The van der Waals surface area contributed by atoms with Crippen LogP contribution in [-0.4, -0.2) is 6.29 Å². The Bertz CT molecular complexity index is 529. The van der Waals surface area contributed by atoms with Crippen LogP contribution in [0.25, 0.3) is 10.6 Å². The Kier molecular flexibility index (Phi) is 3.73. The highest BCUT2D eigenvalue weighted by Crippen LogP contribution is 2.27. The van der Waals surface area contributed by atoms with E-state index < -0.39 is 0 Å². The molecule has 0 spiro atoms. The number of carbonyl (C=O) groups excluding carboxylic acids is 1. The Labute approximate surface area is 105 Å². The maximum Gasteiger partial charge on any atom is 0.152 e. The van der Waals surface area contributed by atoms with Crippen LogP contribution in [0.15, 0.2) is 60.7 Å². The van der Waals surface area contributed by atoms with E-state index in [1.54, 1.807) is 0 Å². The molecule has 0 atom stereocenters. The van der Waals surface area contributed by atoms with E-state index in [0.717, 1.165) is 17.4 Å². The number of allylic oxidation sites excluding steroid dienone is 1. The molecule has 1 nitrogen and oxygen atoms in total. The molecule has 0 fully saturated rings. The van der Waals surface area contributed by atoms with Gasteiger partial charge in [-0.05, 0) is 11.1 Å². The van der Waals surface area contributed by atoms with Gasteiger partial charge in [-0.3, -0.25) is 4.79 Å². The van der Waals surface area contributed by atoms with Crippen molar-refractivity contribution in [3.8, 4) is 0 Å². The summed E-state index contributed by atoms with van der Waals surface area (Å²) in [5, 5.41) is 0.479. The highest BCUT2D eigenvalue weighted by molar-refractivity contribution is 6.55. The van der Waals surface area contributed by atoms with Gasteiger partial charge in [0.15, 0.2) is 6.29 Å². The molecule has 0 N–H and O–H groups in total. The first-order valence-electron chi connectivity index (χ1n) is 5.28. The molecule has 0 amide bonds. The van der Waals surface area contributed by atoms with Gasteiger partial charge in [-0.25, -0.2) is 0 Å². The third-order valence-corrected chi connectivity index (χ3v) is 2.89. The Hall–Kier alpha value is -1.86. The van der Waals surface area contributed by atoms with Crippen molar-refractivity contribution in [1.29, 1.82) is 0 Å². The number of benzene rings is 2. The zero-order chi connectivity index (χ0) is 12.1. The van der Waals surface area contributed by atoms with Crippen LogP contribution < -0.4 is 0 Å². The fourth-order valence-corrected chi connectivity index (χ4v) is 1.88. The summed E-state index contributed by atoms with van der Waals surface area (Å²) in [5.74, 6) is 0. The number of rotatable bonds is 3. The van der Waals surface area contributed by atoms with E-state index in [1.807, 2.05) is 60.7 Å². The van der Waals surface area contributed by atoms with Crippen LogP contribution in [0.1, 0.15) is 11.1 Å². The van der Waals surface area contributed by atoms with E-state index in [0.29, 0.717) is 10.6 Å². The lowest BCUT2D eigenvalue weighted by Gasteiger charge is -2.05. The topological polar surface area (TPSA) is 17.1 Å². The van der Waals surface area contributed by atoms with Gasteiger partial charge >= 0.3 is 0 Å². The average Bonchev–Trinajstić information content (AvgIpc) is 2.42. The molecule has 2 aromatic carbocycles. The highest BCUT2D eigenvalue weighted by atomic mass is 35.5. The Morgan fingerprint density at radius 3 is 1.76 bits per heavy atom. The van der Waals surface area contributed by atoms with Crippen molar-refractivity contribution in [3.05, 3.63) is 71.8 Å². The lowest BCUT2D eigenvalue weighted by molar-refractivity contribution is -0.103. The summed E-state index contributed by atoms with van der Waals surface area (Å²) in [6, 6.07) is 18.9. The fraction of sp³-hybridized carbons (Fsp3) is 0. The number of carbonyl (C=O) groups is 1. The summed E-state index contributed by atoms with van der Waals surface area (Å²) in [6.45, 7) is 0. The molecule has 0 bridgehead atoms. The summed E-state index contributed by atoms with van der Waals surface area (Å²) in [7, 11) is 0. The molecule has 0 heterocycles. The van der Waals surface area contributed by atoms with Crippen molar-refractivity contribution in [3.63, 3.8) is 0 Å². The second-order valence-corrected chi connectivity index (χ2v) is 3.96. The van der Waals surface area contributed by atoms with Crippen molar-refractivity contribution in [2.45, 2.75) is 0 Å². The van der Waals surface area contributed by atoms with Crippen LogP contribution in [0.5, 0.6) is 0 Å². The molecule has 2 aromatic rings. The van der Waals surface area contributed by atoms with E-state index in [1.165, 1.54) is 0 Å². The first-order chi connectivity index (χ1) is 8.33. The van der Waals surface area contributed by atoms with Crippen molar-refractivity contribution < 1.29 is 4.79 Å². The first kappa shape index (κ1) is 11.6. The second-order valence-electron chi connectivity index (χ2n) is 3.58. The molecule has 0 saturated carbocycles. The van der Waals surface area contributed by atoms with Crippen LogP contribution in [0.3, 0.4) is 0 Å². The van der Waals surface area contributed by atoms with Gasteiger partial charge < -0.3 is 0 Å². The van der Waals surface area contributed by atoms with Crippen LogP contribution in [0.2, 0.25) is 0 Å². The molecule has 0 unspecified atom stereocenters. The van der Waals surface area contributed by atoms with Crippen LogP contribution in [0, 0.1) is 0 Å². The maximum atomic E-state index is 11.2. The lowest BCUT2D eigenvalue weighted by Crippen LogP contribution is -1.89. The van der Waals surface area contributed by atoms with Gasteiger partial charge in [0.2, 0.25) is 0 Å². The summed E-state index contributed by atoms with van der Waals surface area (Å²) in [6.07, 6.45) is 0.796. The molecule has 0 radical (unpaired) electrons. The lowest BCUT2D eigenvalue weighted by atomic mass is 10.0. The largest absolute Gasteiger partial charge is 0.298 e. The minimum Gasteiger partial charge on any atom is -0.298 e. The van der Waals surface area contributed by atoms with Gasteiger partial charge in [0.1, 0.15) is 0 Å². The molecule has 84 valence electrons. The number of hydrogen-bond donors (Lipinski definition) is 0. The number of halogens is 1. The van der Waals surface area contributed by atoms with E-state index >= 15 is 0 Å². The van der Waals surface area contributed by atoms with Gasteiger partial charge in [0.25, 0.3) is 0 Å². The fourth-order valence-electron chi connectivity index (χ4n) is 1.60. The highest BCUT2D eigenvalue weighted by Gasteiger charge is 2.07. The Balaban J connectivity index is 2.52. The molecular weight excluding hydrogens is 232 g/mol. The van der Waals surface area contributed by atoms with Crippen LogP contribution in [0.4, 0.5) is 0 Å². The van der Waals surface area contributed by atoms with Crippen LogP contribution in [-0.2, 0) is 4.79 Å². The Morgan fingerprint density at radius 1 is 0.824 bits per heavy atom. The molecule has 17 heavy (non-hydrogen) atoms. The molecule has 0 aliphatic carbocycles.